The normalized spacial score (nSPS) is 14.8. The van der Waals surface area contributed by atoms with Gasteiger partial charge in [-0.25, -0.2) is 9.07 Å². The highest BCUT2D eigenvalue weighted by molar-refractivity contribution is 5.16. The molecule has 1 heterocycles. The van der Waals surface area contributed by atoms with Gasteiger partial charge in [0.05, 0.1) is 6.54 Å². The molecule has 0 spiro atoms. The van der Waals surface area contributed by atoms with Crippen molar-refractivity contribution >= 4 is 0 Å². The van der Waals surface area contributed by atoms with Gasteiger partial charge >= 0.3 is 0 Å². The van der Waals surface area contributed by atoms with Gasteiger partial charge in [-0.2, -0.15) is 0 Å². The zero-order chi connectivity index (χ0) is 13.1. The lowest BCUT2D eigenvalue weighted by Gasteiger charge is -2.05. The van der Waals surface area contributed by atoms with Crippen LogP contribution in [0.4, 0.5) is 4.39 Å². The van der Waals surface area contributed by atoms with Crippen molar-refractivity contribution in [1.29, 1.82) is 0 Å². The molecule has 1 fully saturated rings. The summed E-state index contributed by atoms with van der Waals surface area (Å²) in [6.45, 7) is 1.42. The van der Waals surface area contributed by atoms with Gasteiger partial charge in [-0.15, -0.1) is 5.10 Å². The first-order valence-electron chi connectivity index (χ1n) is 6.54. The van der Waals surface area contributed by atoms with Crippen LogP contribution in [0.1, 0.15) is 24.2 Å². The molecule has 1 saturated carbocycles. The van der Waals surface area contributed by atoms with Crippen LogP contribution in [0.25, 0.3) is 0 Å². The van der Waals surface area contributed by atoms with E-state index < -0.39 is 0 Å². The van der Waals surface area contributed by atoms with Gasteiger partial charge in [-0.3, -0.25) is 0 Å². The molecule has 0 unspecified atom stereocenters. The Morgan fingerprint density at radius 1 is 1.26 bits per heavy atom. The summed E-state index contributed by atoms with van der Waals surface area (Å²) in [5.74, 6) is 0.648. The van der Waals surface area contributed by atoms with E-state index in [9.17, 15) is 4.39 Å². The summed E-state index contributed by atoms with van der Waals surface area (Å²) >= 11 is 0. The van der Waals surface area contributed by atoms with Crippen LogP contribution in [0.5, 0.6) is 0 Å². The first-order valence-corrected chi connectivity index (χ1v) is 6.54. The number of aryl methyl sites for hydroxylation is 2. The van der Waals surface area contributed by atoms with E-state index in [-0.39, 0.29) is 5.82 Å². The monoisotopic (exact) mass is 261 g/mol. The molecule has 2 aromatic rings. The molecule has 19 heavy (non-hydrogen) atoms. The van der Waals surface area contributed by atoms with Gasteiger partial charge in [-0.1, -0.05) is 12.1 Å². The summed E-state index contributed by atoms with van der Waals surface area (Å²) in [6.07, 6.45) is 3.29. The predicted octanol–water partition coefficient (Wildman–Crippen LogP) is 1.31. The number of hydrogen-bond acceptors (Lipinski definition) is 4. The van der Waals surface area contributed by atoms with E-state index in [1.807, 2.05) is 0 Å². The van der Waals surface area contributed by atoms with Crippen LogP contribution in [-0.4, -0.2) is 26.2 Å². The molecule has 0 amide bonds. The van der Waals surface area contributed by atoms with Crippen LogP contribution in [0.3, 0.4) is 0 Å². The lowest BCUT2D eigenvalue weighted by atomic mass is 10.1. The van der Waals surface area contributed by atoms with Gasteiger partial charge in [0.15, 0.2) is 5.82 Å². The Morgan fingerprint density at radius 2 is 2.05 bits per heavy atom. The van der Waals surface area contributed by atoms with Gasteiger partial charge in [-0.05, 0) is 47.4 Å². The highest BCUT2D eigenvalue weighted by Crippen LogP contribution is 2.18. The number of benzene rings is 1. The van der Waals surface area contributed by atoms with Crippen molar-refractivity contribution in [2.45, 2.75) is 38.4 Å². The second-order valence-electron chi connectivity index (χ2n) is 4.85. The summed E-state index contributed by atoms with van der Waals surface area (Å²) in [7, 11) is 0. The molecule has 1 aromatic carbocycles. The second kappa shape index (κ2) is 5.44. The summed E-state index contributed by atoms with van der Waals surface area (Å²) in [5.41, 5.74) is 1.08. The third-order valence-electron chi connectivity index (χ3n) is 3.26. The van der Waals surface area contributed by atoms with E-state index in [1.165, 1.54) is 25.0 Å². The molecule has 5 nitrogen and oxygen atoms in total. The summed E-state index contributed by atoms with van der Waals surface area (Å²) in [5, 5.41) is 15.1. The quantitative estimate of drug-likeness (QED) is 0.851. The SMILES string of the molecule is Fc1ccc(CCn2nnnc2CNC2CC2)cc1. The van der Waals surface area contributed by atoms with Crippen LogP contribution in [-0.2, 0) is 19.5 Å². The smallest absolute Gasteiger partial charge is 0.165 e. The molecule has 100 valence electrons. The average molecular weight is 261 g/mol. The third kappa shape index (κ3) is 3.35. The van der Waals surface area contributed by atoms with Crippen LogP contribution < -0.4 is 5.32 Å². The number of tetrazole rings is 1. The van der Waals surface area contributed by atoms with Crippen LogP contribution in [0.2, 0.25) is 0 Å². The Kier molecular flexibility index (Phi) is 3.50. The lowest BCUT2D eigenvalue weighted by Crippen LogP contribution is -2.19. The number of rotatable bonds is 6. The van der Waals surface area contributed by atoms with Crippen molar-refractivity contribution in [2.24, 2.45) is 0 Å². The van der Waals surface area contributed by atoms with Crippen molar-refractivity contribution < 1.29 is 4.39 Å². The number of halogens is 1. The van der Waals surface area contributed by atoms with Crippen LogP contribution in [0.15, 0.2) is 24.3 Å². The Bertz CT molecular complexity index is 532. The Labute approximate surface area is 110 Å². The molecule has 0 atom stereocenters. The maximum absolute atomic E-state index is 12.8. The average Bonchev–Trinajstić information content (AvgIpc) is 3.15. The van der Waals surface area contributed by atoms with E-state index in [0.717, 1.165) is 17.8 Å². The van der Waals surface area contributed by atoms with Crippen molar-refractivity contribution in [3.63, 3.8) is 0 Å². The minimum atomic E-state index is -0.208. The van der Waals surface area contributed by atoms with Gasteiger partial charge in [0.1, 0.15) is 5.82 Å². The fourth-order valence-electron chi connectivity index (χ4n) is 1.93. The van der Waals surface area contributed by atoms with E-state index in [0.29, 0.717) is 19.1 Å². The zero-order valence-electron chi connectivity index (χ0n) is 10.6. The van der Waals surface area contributed by atoms with Crippen LogP contribution in [0, 0.1) is 5.82 Å². The Hall–Kier alpha value is -1.82. The van der Waals surface area contributed by atoms with E-state index in [1.54, 1.807) is 16.8 Å². The number of hydrogen-bond donors (Lipinski definition) is 1. The highest BCUT2D eigenvalue weighted by atomic mass is 19.1. The molecule has 1 aliphatic carbocycles. The van der Waals surface area contributed by atoms with E-state index >= 15 is 0 Å². The number of nitrogens with zero attached hydrogens (tertiary/aromatic N) is 4. The van der Waals surface area contributed by atoms with Crippen molar-refractivity contribution in [3.8, 4) is 0 Å². The molecule has 0 aliphatic heterocycles. The van der Waals surface area contributed by atoms with Crippen molar-refractivity contribution in [1.82, 2.24) is 25.5 Å². The standard InChI is InChI=1S/C13H16FN5/c14-11-3-1-10(2-4-11)7-8-19-13(16-17-18-19)9-15-12-5-6-12/h1-4,12,15H,5-9H2. The van der Waals surface area contributed by atoms with Crippen molar-refractivity contribution in [3.05, 3.63) is 41.5 Å². The molecule has 0 radical (unpaired) electrons. The second-order valence-corrected chi connectivity index (χ2v) is 4.85. The largest absolute Gasteiger partial charge is 0.307 e. The molecular weight excluding hydrogens is 245 g/mol. The zero-order valence-corrected chi connectivity index (χ0v) is 10.6. The lowest BCUT2D eigenvalue weighted by molar-refractivity contribution is 0.540. The molecule has 1 aromatic heterocycles. The minimum absolute atomic E-state index is 0.208. The van der Waals surface area contributed by atoms with Gasteiger partial charge in [0.2, 0.25) is 0 Å². The molecule has 3 rings (SSSR count). The molecule has 1 aliphatic rings. The molecule has 6 heteroatoms. The third-order valence-corrected chi connectivity index (χ3v) is 3.26. The summed E-state index contributed by atoms with van der Waals surface area (Å²) in [6, 6.07) is 7.18. The number of aromatic nitrogens is 4. The number of nitrogens with one attached hydrogen (secondary N) is 1. The van der Waals surface area contributed by atoms with E-state index in [4.69, 9.17) is 0 Å². The summed E-state index contributed by atoms with van der Waals surface area (Å²) in [4.78, 5) is 0. The maximum Gasteiger partial charge on any atom is 0.165 e. The Morgan fingerprint density at radius 3 is 2.79 bits per heavy atom. The van der Waals surface area contributed by atoms with Crippen LogP contribution >= 0.6 is 0 Å². The fraction of sp³-hybridized carbons (Fsp3) is 0.462. The maximum atomic E-state index is 12.8. The van der Waals surface area contributed by atoms with Gasteiger partial charge in [0, 0.05) is 12.6 Å². The van der Waals surface area contributed by atoms with E-state index in [2.05, 4.69) is 20.8 Å². The van der Waals surface area contributed by atoms with Gasteiger partial charge in [0.25, 0.3) is 0 Å². The van der Waals surface area contributed by atoms with Gasteiger partial charge < -0.3 is 5.32 Å². The molecule has 0 saturated heterocycles. The summed E-state index contributed by atoms with van der Waals surface area (Å²) < 4.78 is 14.6. The fourth-order valence-corrected chi connectivity index (χ4v) is 1.93. The topological polar surface area (TPSA) is 55.6 Å². The first kappa shape index (κ1) is 12.2. The highest BCUT2D eigenvalue weighted by Gasteiger charge is 2.21. The first-order chi connectivity index (χ1) is 9.31. The molecule has 1 N–H and O–H groups in total. The Balaban J connectivity index is 1.56. The van der Waals surface area contributed by atoms with Crippen molar-refractivity contribution in [2.75, 3.05) is 0 Å². The predicted molar refractivity (Wildman–Crippen MR) is 67.8 cm³/mol. The minimum Gasteiger partial charge on any atom is -0.307 e. The molecule has 0 bridgehead atoms. The molecular formula is C13H16FN5.